The first-order chi connectivity index (χ1) is 7.86. The summed E-state index contributed by atoms with van der Waals surface area (Å²) in [5.74, 6) is 0.941. The maximum Gasteiger partial charge on any atom is 0.0480 e. The van der Waals surface area contributed by atoms with E-state index in [2.05, 4.69) is 24.1 Å². The largest absolute Gasteiger partial charge is 0.304 e. The highest BCUT2D eigenvalue weighted by Crippen LogP contribution is 2.21. The van der Waals surface area contributed by atoms with E-state index >= 15 is 0 Å². The average molecular weight is 226 g/mol. The highest BCUT2D eigenvalue weighted by Gasteiger charge is 2.11. The molecule has 1 rings (SSSR count). The van der Waals surface area contributed by atoms with Crippen molar-refractivity contribution >= 4 is 0 Å². The first-order valence-electron chi connectivity index (χ1n) is 7.29. The fraction of sp³-hybridized carbons (Fsp3) is 1.00. The van der Waals surface area contributed by atoms with E-state index in [-0.39, 0.29) is 0 Å². The van der Waals surface area contributed by atoms with Gasteiger partial charge >= 0.3 is 0 Å². The summed E-state index contributed by atoms with van der Waals surface area (Å²) in [6, 6.07) is 0. The zero-order valence-electron chi connectivity index (χ0n) is 11.3. The molecule has 0 aliphatic heterocycles. The second-order valence-electron chi connectivity index (χ2n) is 5.13. The van der Waals surface area contributed by atoms with E-state index in [9.17, 15) is 0 Å². The smallest absolute Gasteiger partial charge is 0.0480 e. The lowest BCUT2D eigenvalue weighted by Crippen LogP contribution is -2.36. The van der Waals surface area contributed by atoms with E-state index in [1.54, 1.807) is 0 Å². The van der Waals surface area contributed by atoms with Crippen LogP contribution in [0, 0.1) is 5.92 Å². The maximum absolute atomic E-state index is 3.63. The molecule has 1 aliphatic carbocycles. The Morgan fingerprint density at radius 1 is 0.938 bits per heavy atom. The van der Waals surface area contributed by atoms with Crippen LogP contribution in [0.2, 0.25) is 0 Å². The summed E-state index contributed by atoms with van der Waals surface area (Å²) >= 11 is 0. The predicted octanol–water partition coefficient (Wildman–Crippen LogP) is 3.24. The quantitative estimate of drug-likeness (QED) is 0.700. The van der Waals surface area contributed by atoms with Crippen molar-refractivity contribution in [3.8, 4) is 0 Å². The van der Waals surface area contributed by atoms with E-state index in [0.717, 1.165) is 25.7 Å². The maximum atomic E-state index is 3.63. The minimum Gasteiger partial charge on any atom is -0.304 e. The molecule has 0 heterocycles. The van der Waals surface area contributed by atoms with Gasteiger partial charge in [-0.05, 0) is 38.4 Å². The molecule has 1 aliphatic rings. The molecule has 0 amide bonds. The van der Waals surface area contributed by atoms with Gasteiger partial charge in [0.25, 0.3) is 0 Å². The molecule has 16 heavy (non-hydrogen) atoms. The first kappa shape index (κ1) is 14.0. The van der Waals surface area contributed by atoms with Crippen molar-refractivity contribution in [3.63, 3.8) is 0 Å². The predicted molar refractivity (Wildman–Crippen MR) is 71.6 cm³/mol. The first-order valence-corrected chi connectivity index (χ1v) is 7.29. The minimum absolute atomic E-state index is 0.941. The number of hydrogen-bond donors (Lipinski definition) is 1. The van der Waals surface area contributed by atoms with Gasteiger partial charge in [0, 0.05) is 6.67 Å². The summed E-state index contributed by atoms with van der Waals surface area (Å²) in [4.78, 5) is 2.45. The van der Waals surface area contributed by atoms with Gasteiger partial charge in [-0.1, -0.05) is 46.0 Å². The third-order valence-corrected chi connectivity index (χ3v) is 3.89. The van der Waals surface area contributed by atoms with E-state index in [4.69, 9.17) is 0 Å². The van der Waals surface area contributed by atoms with Crippen molar-refractivity contribution in [2.45, 2.75) is 58.8 Å². The van der Waals surface area contributed by atoms with Crippen molar-refractivity contribution in [3.05, 3.63) is 0 Å². The molecular weight excluding hydrogens is 196 g/mol. The summed E-state index contributed by atoms with van der Waals surface area (Å²) in [7, 11) is 0. The number of nitrogens with zero attached hydrogens (tertiary/aromatic N) is 1. The van der Waals surface area contributed by atoms with Gasteiger partial charge in [-0.2, -0.15) is 0 Å². The fourth-order valence-electron chi connectivity index (χ4n) is 2.62. The Labute approximate surface area is 102 Å². The van der Waals surface area contributed by atoms with Crippen LogP contribution >= 0.6 is 0 Å². The molecule has 0 bridgehead atoms. The van der Waals surface area contributed by atoms with Gasteiger partial charge in [0.1, 0.15) is 0 Å². The molecule has 0 aromatic rings. The SMILES string of the molecule is CCN(CC)CNCC1CCCCCCC1. The Morgan fingerprint density at radius 3 is 2.06 bits per heavy atom. The molecule has 2 nitrogen and oxygen atoms in total. The van der Waals surface area contributed by atoms with Gasteiger partial charge in [0.15, 0.2) is 0 Å². The second kappa shape index (κ2) is 9.00. The monoisotopic (exact) mass is 226 g/mol. The summed E-state index contributed by atoms with van der Waals surface area (Å²) in [6.45, 7) is 9.10. The fourth-order valence-corrected chi connectivity index (χ4v) is 2.62. The molecule has 0 unspecified atom stereocenters. The zero-order valence-corrected chi connectivity index (χ0v) is 11.3. The molecule has 1 fully saturated rings. The molecule has 0 aromatic heterocycles. The molecule has 0 aromatic carbocycles. The third kappa shape index (κ3) is 5.86. The van der Waals surface area contributed by atoms with E-state index in [0.29, 0.717) is 0 Å². The molecule has 0 saturated heterocycles. The number of nitrogens with one attached hydrogen (secondary N) is 1. The average Bonchev–Trinajstić information content (AvgIpc) is 2.27. The second-order valence-corrected chi connectivity index (χ2v) is 5.13. The lowest BCUT2D eigenvalue weighted by atomic mass is 9.91. The highest BCUT2D eigenvalue weighted by molar-refractivity contribution is 4.66. The summed E-state index contributed by atoms with van der Waals surface area (Å²) in [5, 5.41) is 3.63. The molecule has 0 atom stereocenters. The van der Waals surface area contributed by atoms with Crippen LogP contribution in [0.3, 0.4) is 0 Å². The number of rotatable bonds is 6. The molecular formula is C14H30N2. The Kier molecular flexibility index (Phi) is 7.87. The van der Waals surface area contributed by atoms with Crippen molar-refractivity contribution < 1.29 is 0 Å². The van der Waals surface area contributed by atoms with Crippen LogP contribution in [0.1, 0.15) is 58.8 Å². The molecule has 2 heteroatoms. The van der Waals surface area contributed by atoms with Crippen LogP contribution in [-0.2, 0) is 0 Å². The standard InChI is InChI=1S/C14H30N2/c1-3-16(4-2)13-15-12-14-10-8-6-5-7-9-11-14/h14-15H,3-13H2,1-2H3. The summed E-state index contributed by atoms with van der Waals surface area (Å²) in [6.07, 6.45) is 10.2. The van der Waals surface area contributed by atoms with Crippen molar-refractivity contribution in [2.75, 3.05) is 26.3 Å². The zero-order chi connectivity index (χ0) is 11.6. The Balaban J connectivity index is 2.09. The van der Waals surface area contributed by atoms with Crippen LogP contribution in [-0.4, -0.2) is 31.2 Å². The van der Waals surface area contributed by atoms with Gasteiger partial charge in [0.05, 0.1) is 0 Å². The molecule has 0 spiro atoms. The van der Waals surface area contributed by atoms with Crippen LogP contribution in [0.5, 0.6) is 0 Å². The van der Waals surface area contributed by atoms with Crippen LogP contribution in [0.25, 0.3) is 0 Å². The van der Waals surface area contributed by atoms with Gasteiger partial charge in [-0.3, -0.25) is 4.90 Å². The highest BCUT2D eigenvalue weighted by atomic mass is 15.2. The van der Waals surface area contributed by atoms with Crippen LogP contribution < -0.4 is 5.32 Å². The Morgan fingerprint density at radius 2 is 1.50 bits per heavy atom. The Bertz CT molecular complexity index is 147. The molecule has 1 N–H and O–H groups in total. The minimum atomic E-state index is 0.941. The van der Waals surface area contributed by atoms with Crippen molar-refractivity contribution in [2.24, 2.45) is 5.92 Å². The summed E-state index contributed by atoms with van der Waals surface area (Å²) < 4.78 is 0. The molecule has 1 saturated carbocycles. The van der Waals surface area contributed by atoms with E-state index in [1.165, 1.54) is 51.5 Å². The number of hydrogen-bond acceptors (Lipinski definition) is 2. The Hall–Kier alpha value is -0.0800. The third-order valence-electron chi connectivity index (χ3n) is 3.89. The van der Waals surface area contributed by atoms with E-state index in [1.807, 2.05) is 0 Å². The molecule has 0 radical (unpaired) electrons. The summed E-state index contributed by atoms with van der Waals surface area (Å²) in [5.41, 5.74) is 0. The van der Waals surface area contributed by atoms with Crippen LogP contribution in [0.4, 0.5) is 0 Å². The normalized spacial score (nSPS) is 19.7. The van der Waals surface area contributed by atoms with Crippen molar-refractivity contribution in [1.82, 2.24) is 10.2 Å². The molecule has 96 valence electrons. The lowest BCUT2D eigenvalue weighted by molar-refractivity contribution is 0.260. The van der Waals surface area contributed by atoms with Gasteiger partial charge in [-0.15, -0.1) is 0 Å². The topological polar surface area (TPSA) is 15.3 Å². The van der Waals surface area contributed by atoms with Gasteiger partial charge < -0.3 is 5.32 Å². The van der Waals surface area contributed by atoms with Gasteiger partial charge in [-0.25, -0.2) is 0 Å². The van der Waals surface area contributed by atoms with Crippen molar-refractivity contribution in [1.29, 1.82) is 0 Å². The van der Waals surface area contributed by atoms with E-state index < -0.39 is 0 Å². The van der Waals surface area contributed by atoms with Gasteiger partial charge in [0.2, 0.25) is 0 Å². The van der Waals surface area contributed by atoms with Crippen LogP contribution in [0.15, 0.2) is 0 Å². The lowest BCUT2D eigenvalue weighted by Gasteiger charge is -2.23.